The summed E-state index contributed by atoms with van der Waals surface area (Å²) < 4.78 is 0. The van der Waals surface area contributed by atoms with E-state index in [9.17, 15) is 9.90 Å². The lowest BCUT2D eigenvalue weighted by Gasteiger charge is -2.24. The zero-order valence-corrected chi connectivity index (χ0v) is 9.91. The summed E-state index contributed by atoms with van der Waals surface area (Å²) in [5, 5.41) is 17.8. The first-order valence-electron chi connectivity index (χ1n) is 5.97. The number of aliphatic carboxylic acids is 1. The predicted octanol–water partition coefficient (Wildman–Crippen LogP) is 1.87. The number of carboxylic acids is 1. The van der Waals surface area contributed by atoms with Crippen molar-refractivity contribution in [1.29, 1.82) is 5.26 Å². The molecular weight excluding hydrogens is 204 g/mol. The van der Waals surface area contributed by atoms with E-state index in [4.69, 9.17) is 5.26 Å². The van der Waals surface area contributed by atoms with Crippen LogP contribution in [0.15, 0.2) is 0 Å². The Balaban J connectivity index is 2.47. The number of unbranched alkanes of at least 4 members (excludes halogenated alkanes) is 1. The van der Waals surface area contributed by atoms with Crippen LogP contribution in [0.2, 0.25) is 0 Å². The maximum atomic E-state index is 11.3. The number of hydrogen-bond acceptors (Lipinski definition) is 3. The fourth-order valence-corrected chi connectivity index (χ4v) is 2.49. The Kier molecular flexibility index (Phi) is 4.75. The second kappa shape index (κ2) is 5.86. The molecule has 1 heterocycles. The fraction of sp³-hybridized carbons (Fsp3) is 0.833. The summed E-state index contributed by atoms with van der Waals surface area (Å²) in [5.74, 6) is -0.655. The maximum Gasteiger partial charge on any atom is 0.310 e. The van der Waals surface area contributed by atoms with Crippen LogP contribution in [0.5, 0.6) is 0 Å². The largest absolute Gasteiger partial charge is 0.481 e. The van der Waals surface area contributed by atoms with Crippen molar-refractivity contribution in [3.8, 4) is 6.07 Å². The molecule has 1 atom stereocenters. The molecule has 1 rings (SSSR count). The summed E-state index contributed by atoms with van der Waals surface area (Å²) in [6.07, 6.45) is 3.83. The number of carboxylic acid groups (broad SMARTS) is 1. The fourth-order valence-electron chi connectivity index (χ4n) is 2.49. The highest BCUT2D eigenvalue weighted by Crippen LogP contribution is 2.35. The second-order valence-corrected chi connectivity index (χ2v) is 4.62. The molecule has 1 fully saturated rings. The first kappa shape index (κ1) is 13.0. The van der Waals surface area contributed by atoms with Gasteiger partial charge in [-0.3, -0.25) is 4.79 Å². The van der Waals surface area contributed by atoms with Crippen molar-refractivity contribution >= 4 is 5.97 Å². The lowest BCUT2D eigenvalue weighted by atomic mass is 9.83. The summed E-state index contributed by atoms with van der Waals surface area (Å²) in [5.41, 5.74) is -0.526. The highest BCUT2D eigenvalue weighted by atomic mass is 16.4. The van der Waals surface area contributed by atoms with Gasteiger partial charge >= 0.3 is 5.97 Å². The molecule has 0 radical (unpaired) electrons. The van der Waals surface area contributed by atoms with Crippen LogP contribution in [-0.2, 0) is 4.79 Å². The van der Waals surface area contributed by atoms with Crippen LogP contribution >= 0.6 is 0 Å². The summed E-state index contributed by atoms with van der Waals surface area (Å²) in [4.78, 5) is 13.5. The minimum atomic E-state index is -0.655. The van der Waals surface area contributed by atoms with Gasteiger partial charge in [-0.25, -0.2) is 0 Å². The molecule has 90 valence electrons. The van der Waals surface area contributed by atoms with Crippen molar-refractivity contribution in [3.05, 3.63) is 0 Å². The van der Waals surface area contributed by atoms with Crippen molar-refractivity contribution in [2.24, 2.45) is 5.41 Å². The second-order valence-electron chi connectivity index (χ2n) is 4.62. The van der Waals surface area contributed by atoms with Crippen LogP contribution in [0.3, 0.4) is 0 Å². The van der Waals surface area contributed by atoms with Crippen molar-refractivity contribution in [1.82, 2.24) is 4.90 Å². The molecule has 0 aliphatic carbocycles. The molecule has 0 aromatic carbocycles. The molecule has 0 aromatic heterocycles. The van der Waals surface area contributed by atoms with Gasteiger partial charge in [0.15, 0.2) is 0 Å². The normalized spacial score (nSPS) is 25.5. The first-order valence-corrected chi connectivity index (χ1v) is 5.97. The van der Waals surface area contributed by atoms with Gasteiger partial charge in [-0.05, 0) is 32.4 Å². The average molecular weight is 224 g/mol. The minimum Gasteiger partial charge on any atom is -0.481 e. The van der Waals surface area contributed by atoms with E-state index in [0.717, 1.165) is 38.8 Å². The summed E-state index contributed by atoms with van der Waals surface area (Å²) in [6, 6.07) is 2.12. The van der Waals surface area contributed by atoms with Gasteiger partial charge in [0, 0.05) is 13.0 Å². The number of likely N-dealkylation sites (tertiary alicyclic amines) is 1. The zero-order chi connectivity index (χ0) is 12.0. The summed E-state index contributed by atoms with van der Waals surface area (Å²) >= 11 is 0. The number of nitriles is 1. The van der Waals surface area contributed by atoms with E-state index in [1.807, 2.05) is 6.92 Å². The van der Waals surface area contributed by atoms with Gasteiger partial charge in [-0.2, -0.15) is 5.26 Å². The SMILES string of the molecule is CCCC1(C(=O)O)CCN(CCCC#N)C1. The summed E-state index contributed by atoms with van der Waals surface area (Å²) in [7, 11) is 0. The third-order valence-electron chi connectivity index (χ3n) is 3.38. The Hall–Kier alpha value is -1.08. The lowest BCUT2D eigenvalue weighted by molar-refractivity contribution is -0.148. The van der Waals surface area contributed by atoms with Crippen LogP contribution in [-0.4, -0.2) is 35.6 Å². The molecule has 1 unspecified atom stereocenters. The van der Waals surface area contributed by atoms with E-state index in [0.29, 0.717) is 13.0 Å². The van der Waals surface area contributed by atoms with E-state index in [1.165, 1.54) is 0 Å². The van der Waals surface area contributed by atoms with Crippen LogP contribution in [0.1, 0.15) is 39.0 Å². The van der Waals surface area contributed by atoms with E-state index < -0.39 is 11.4 Å². The molecule has 1 N–H and O–H groups in total. The molecular formula is C12H20N2O2. The van der Waals surface area contributed by atoms with Crippen molar-refractivity contribution < 1.29 is 9.90 Å². The molecule has 1 aliphatic heterocycles. The molecule has 4 nitrogen and oxygen atoms in total. The van der Waals surface area contributed by atoms with Gasteiger partial charge in [0.05, 0.1) is 11.5 Å². The van der Waals surface area contributed by atoms with E-state index in [2.05, 4.69) is 11.0 Å². The van der Waals surface area contributed by atoms with Crippen LogP contribution in [0.25, 0.3) is 0 Å². The highest BCUT2D eigenvalue weighted by molar-refractivity contribution is 5.75. The molecule has 0 spiro atoms. The minimum absolute atomic E-state index is 0.526. The van der Waals surface area contributed by atoms with Crippen molar-refractivity contribution in [2.75, 3.05) is 19.6 Å². The van der Waals surface area contributed by atoms with Gasteiger partial charge in [-0.15, -0.1) is 0 Å². The number of carbonyl (C=O) groups is 1. The van der Waals surface area contributed by atoms with Gasteiger partial charge in [0.25, 0.3) is 0 Å². The Morgan fingerprint density at radius 3 is 2.94 bits per heavy atom. The number of hydrogen-bond donors (Lipinski definition) is 1. The monoisotopic (exact) mass is 224 g/mol. The van der Waals surface area contributed by atoms with Crippen molar-refractivity contribution in [3.63, 3.8) is 0 Å². The van der Waals surface area contributed by atoms with Gasteiger partial charge in [-0.1, -0.05) is 13.3 Å². The van der Waals surface area contributed by atoms with Crippen LogP contribution in [0, 0.1) is 16.7 Å². The Bertz CT molecular complexity index is 285. The molecule has 1 saturated heterocycles. The quantitative estimate of drug-likeness (QED) is 0.699. The van der Waals surface area contributed by atoms with E-state index >= 15 is 0 Å². The maximum absolute atomic E-state index is 11.3. The van der Waals surface area contributed by atoms with Crippen LogP contribution in [0.4, 0.5) is 0 Å². The number of nitrogens with zero attached hydrogens (tertiary/aromatic N) is 2. The average Bonchev–Trinajstić information content (AvgIpc) is 2.64. The molecule has 0 saturated carbocycles. The van der Waals surface area contributed by atoms with Crippen molar-refractivity contribution in [2.45, 2.75) is 39.0 Å². The molecule has 16 heavy (non-hydrogen) atoms. The first-order chi connectivity index (χ1) is 7.64. The Morgan fingerprint density at radius 1 is 1.62 bits per heavy atom. The summed E-state index contributed by atoms with van der Waals surface area (Å²) in [6.45, 7) is 4.40. The third-order valence-corrected chi connectivity index (χ3v) is 3.38. The Morgan fingerprint density at radius 2 is 2.38 bits per heavy atom. The van der Waals surface area contributed by atoms with Gasteiger partial charge in [0.1, 0.15) is 0 Å². The van der Waals surface area contributed by atoms with E-state index in [-0.39, 0.29) is 0 Å². The van der Waals surface area contributed by atoms with E-state index in [1.54, 1.807) is 0 Å². The molecule has 0 aromatic rings. The predicted molar refractivity (Wildman–Crippen MR) is 60.9 cm³/mol. The van der Waals surface area contributed by atoms with Gasteiger partial charge < -0.3 is 10.0 Å². The topological polar surface area (TPSA) is 64.3 Å². The third kappa shape index (κ3) is 2.96. The Labute approximate surface area is 96.9 Å². The molecule has 4 heteroatoms. The highest BCUT2D eigenvalue weighted by Gasteiger charge is 2.43. The molecule has 1 aliphatic rings. The molecule has 0 amide bonds. The lowest BCUT2D eigenvalue weighted by Crippen LogP contribution is -2.34. The number of rotatable bonds is 6. The smallest absolute Gasteiger partial charge is 0.310 e. The zero-order valence-electron chi connectivity index (χ0n) is 9.91. The van der Waals surface area contributed by atoms with Crippen LogP contribution < -0.4 is 0 Å². The molecule has 0 bridgehead atoms. The standard InChI is InChI=1S/C12H20N2O2/c1-2-5-12(11(15)16)6-9-14(10-12)8-4-3-7-13/h2-6,8-10H2,1H3,(H,15,16). The van der Waals surface area contributed by atoms with Gasteiger partial charge in [0.2, 0.25) is 0 Å².